The molecular weight excluding hydrogens is 911 g/mol. The molecule has 0 aliphatic heterocycles. The molecule has 0 saturated carbocycles. The normalized spacial score (nSPS) is 13.2. The maximum Gasteiger partial charge on any atom is 0.163 e. The summed E-state index contributed by atoms with van der Waals surface area (Å²) in [6, 6.07) is 89.7. The van der Waals surface area contributed by atoms with E-state index in [0.29, 0.717) is 23.0 Å². The Morgan fingerprint density at radius 1 is 0.387 bits per heavy atom. The molecule has 0 N–H and O–H groups in total. The standard InChI is InChI=1S/C70H47N5/c71-46-47-31-37-65-63(39-47)64-43-56(49-21-9-2-10-22-49)36-38-66(64)75(65)67-61(53-27-15-5-16-28-53)44-60(45-62(67)54-29-17-6-18-30-54)70-73-68(55-34-32-52(33-35-55)48-19-7-1-8-20-48)72-69(74-70)59-41-57(50-23-11-3-12-24-50)40-58(42-59)51-25-13-4-14-26-51/h1-34,36-45,55H,35H2. The van der Waals surface area contributed by atoms with Crippen LogP contribution in [-0.4, -0.2) is 19.5 Å². The predicted molar refractivity (Wildman–Crippen MR) is 308 cm³/mol. The Morgan fingerprint density at radius 2 is 0.827 bits per heavy atom. The highest BCUT2D eigenvalue weighted by molar-refractivity contribution is 6.12. The van der Waals surface area contributed by atoms with E-state index in [2.05, 4.69) is 259 Å². The van der Waals surface area contributed by atoms with Crippen molar-refractivity contribution in [3.63, 3.8) is 0 Å². The van der Waals surface area contributed by atoms with E-state index in [0.717, 1.165) is 101 Å². The maximum absolute atomic E-state index is 10.3. The monoisotopic (exact) mass is 957 g/mol. The van der Waals surface area contributed by atoms with Crippen molar-refractivity contribution in [2.75, 3.05) is 0 Å². The summed E-state index contributed by atoms with van der Waals surface area (Å²) >= 11 is 0. The van der Waals surface area contributed by atoms with Crippen molar-refractivity contribution in [2.45, 2.75) is 12.3 Å². The second-order valence-corrected chi connectivity index (χ2v) is 19.0. The Morgan fingerprint density at radius 3 is 1.32 bits per heavy atom. The van der Waals surface area contributed by atoms with Crippen molar-refractivity contribution in [2.24, 2.45) is 0 Å². The van der Waals surface area contributed by atoms with Gasteiger partial charge in [-0.05, 0) is 123 Å². The average Bonchev–Trinajstić information content (AvgIpc) is 3.82. The number of rotatable bonds is 10. The molecule has 10 aromatic carbocycles. The average molecular weight is 958 g/mol. The van der Waals surface area contributed by atoms with Gasteiger partial charge in [-0.3, -0.25) is 0 Å². The van der Waals surface area contributed by atoms with Gasteiger partial charge in [-0.1, -0.05) is 206 Å². The van der Waals surface area contributed by atoms with Crippen LogP contribution in [0.1, 0.15) is 29.3 Å². The number of nitriles is 1. The minimum absolute atomic E-state index is 0.0954. The summed E-state index contributed by atoms with van der Waals surface area (Å²) in [5.74, 6) is 1.80. The van der Waals surface area contributed by atoms with Crippen LogP contribution in [0.5, 0.6) is 0 Å². The van der Waals surface area contributed by atoms with Gasteiger partial charge in [0.15, 0.2) is 11.6 Å². The van der Waals surface area contributed by atoms with E-state index in [1.54, 1.807) is 0 Å². The van der Waals surface area contributed by atoms with E-state index in [1.807, 2.05) is 18.2 Å². The zero-order chi connectivity index (χ0) is 50.1. The Labute approximate surface area is 436 Å². The fourth-order valence-electron chi connectivity index (χ4n) is 10.6. The molecule has 2 heterocycles. The molecule has 0 amide bonds. The third-order valence-electron chi connectivity index (χ3n) is 14.4. The molecule has 0 bridgehead atoms. The molecule has 1 aliphatic carbocycles. The molecule has 1 unspecified atom stereocenters. The lowest BCUT2D eigenvalue weighted by Crippen LogP contribution is -2.09. The second kappa shape index (κ2) is 19.5. The number of allylic oxidation sites excluding steroid dienone is 4. The lowest BCUT2D eigenvalue weighted by atomic mass is 9.91. The summed E-state index contributed by atoms with van der Waals surface area (Å²) in [6.07, 6.45) is 7.49. The van der Waals surface area contributed by atoms with Crippen LogP contribution in [0, 0.1) is 11.3 Å². The molecule has 5 nitrogen and oxygen atoms in total. The lowest BCUT2D eigenvalue weighted by Gasteiger charge is -2.21. The van der Waals surface area contributed by atoms with Crippen LogP contribution in [0.3, 0.4) is 0 Å². The molecule has 352 valence electrons. The Bertz CT molecular complexity index is 4060. The van der Waals surface area contributed by atoms with Gasteiger partial charge in [-0.25, -0.2) is 15.0 Å². The van der Waals surface area contributed by atoms with Crippen LogP contribution in [-0.2, 0) is 0 Å². The van der Waals surface area contributed by atoms with Crippen LogP contribution in [0.25, 0.3) is 111 Å². The van der Waals surface area contributed by atoms with Crippen LogP contribution in [0.15, 0.2) is 267 Å². The van der Waals surface area contributed by atoms with E-state index in [9.17, 15) is 5.26 Å². The minimum Gasteiger partial charge on any atom is -0.308 e. The third-order valence-corrected chi connectivity index (χ3v) is 14.4. The summed E-state index contributed by atoms with van der Waals surface area (Å²) in [5, 5.41) is 12.3. The molecule has 0 saturated heterocycles. The van der Waals surface area contributed by atoms with E-state index in [-0.39, 0.29) is 5.92 Å². The fourth-order valence-corrected chi connectivity index (χ4v) is 10.6. The topological polar surface area (TPSA) is 67.4 Å². The smallest absolute Gasteiger partial charge is 0.163 e. The number of hydrogen-bond acceptors (Lipinski definition) is 4. The summed E-state index contributed by atoms with van der Waals surface area (Å²) in [5.41, 5.74) is 18.5. The van der Waals surface area contributed by atoms with Crippen molar-refractivity contribution >= 4 is 27.4 Å². The van der Waals surface area contributed by atoms with E-state index < -0.39 is 0 Å². The van der Waals surface area contributed by atoms with Gasteiger partial charge in [0.2, 0.25) is 0 Å². The van der Waals surface area contributed by atoms with Crippen molar-refractivity contribution in [1.29, 1.82) is 5.26 Å². The molecular formula is C70H47N5. The highest BCUT2D eigenvalue weighted by Gasteiger charge is 2.25. The zero-order valence-corrected chi connectivity index (χ0v) is 40.9. The highest BCUT2D eigenvalue weighted by Crippen LogP contribution is 2.45. The second-order valence-electron chi connectivity index (χ2n) is 19.0. The SMILES string of the molecule is N#Cc1ccc2c(c1)c1cc(-c3ccccc3)ccc1n2-c1c(-c2ccccc2)cc(-c2nc(-c3cc(-c4ccccc4)cc(-c4ccccc4)c3)nc(C3C=CC(c4ccccc4)=CC3)n2)cc1-c1ccccc1. The largest absolute Gasteiger partial charge is 0.308 e. The molecule has 1 aliphatic rings. The Kier molecular flexibility index (Phi) is 11.7. The van der Waals surface area contributed by atoms with Crippen molar-refractivity contribution in [3.8, 4) is 90.2 Å². The number of benzene rings is 10. The Hall–Kier alpha value is -10.0. The molecule has 0 fully saturated rings. The first kappa shape index (κ1) is 44.9. The zero-order valence-electron chi connectivity index (χ0n) is 40.9. The quantitative estimate of drug-likeness (QED) is 0.137. The number of nitrogens with zero attached hydrogens (tertiary/aromatic N) is 5. The molecule has 13 rings (SSSR count). The lowest BCUT2D eigenvalue weighted by molar-refractivity contribution is 0.766. The van der Waals surface area contributed by atoms with E-state index >= 15 is 0 Å². The van der Waals surface area contributed by atoms with Gasteiger partial charge in [0.25, 0.3) is 0 Å². The minimum atomic E-state index is -0.0954. The van der Waals surface area contributed by atoms with E-state index in [1.165, 1.54) is 11.1 Å². The van der Waals surface area contributed by atoms with Crippen molar-refractivity contribution in [1.82, 2.24) is 19.5 Å². The van der Waals surface area contributed by atoms with Gasteiger partial charge in [0, 0.05) is 38.9 Å². The van der Waals surface area contributed by atoms with Gasteiger partial charge >= 0.3 is 0 Å². The first-order chi connectivity index (χ1) is 37.1. The molecule has 5 heteroatoms. The van der Waals surface area contributed by atoms with Crippen molar-refractivity contribution in [3.05, 3.63) is 284 Å². The predicted octanol–water partition coefficient (Wildman–Crippen LogP) is 17.6. The molecule has 75 heavy (non-hydrogen) atoms. The summed E-state index contributed by atoms with van der Waals surface area (Å²) in [7, 11) is 0. The molecule has 2 aromatic heterocycles. The maximum atomic E-state index is 10.3. The van der Waals surface area contributed by atoms with Gasteiger partial charge < -0.3 is 4.57 Å². The number of fused-ring (bicyclic) bond motifs is 3. The molecule has 12 aromatic rings. The first-order valence-electron chi connectivity index (χ1n) is 25.4. The molecule has 0 radical (unpaired) electrons. The van der Waals surface area contributed by atoms with Crippen molar-refractivity contribution < 1.29 is 0 Å². The molecule has 0 spiro atoms. The third kappa shape index (κ3) is 8.71. The fraction of sp³-hybridized carbons (Fsp3) is 0.0286. The van der Waals surface area contributed by atoms with Gasteiger partial charge in [-0.15, -0.1) is 0 Å². The van der Waals surface area contributed by atoms with Gasteiger partial charge in [0.1, 0.15) is 5.82 Å². The summed E-state index contributed by atoms with van der Waals surface area (Å²) in [6.45, 7) is 0. The van der Waals surface area contributed by atoms with Crippen LogP contribution in [0.4, 0.5) is 0 Å². The van der Waals surface area contributed by atoms with Crippen LogP contribution >= 0.6 is 0 Å². The van der Waals surface area contributed by atoms with Gasteiger partial charge in [-0.2, -0.15) is 5.26 Å². The summed E-state index contributed by atoms with van der Waals surface area (Å²) < 4.78 is 2.39. The highest BCUT2D eigenvalue weighted by atomic mass is 15.0. The van der Waals surface area contributed by atoms with E-state index in [4.69, 9.17) is 15.0 Å². The number of hydrogen-bond donors (Lipinski definition) is 0. The van der Waals surface area contributed by atoms with Gasteiger partial charge in [0.05, 0.1) is 28.4 Å². The molecule has 1 atom stereocenters. The van der Waals surface area contributed by atoms with Crippen LogP contribution in [0.2, 0.25) is 0 Å². The first-order valence-corrected chi connectivity index (χ1v) is 25.4. The summed E-state index contributed by atoms with van der Waals surface area (Å²) in [4.78, 5) is 16.4. The number of aromatic nitrogens is 4. The Balaban J connectivity index is 1.07. The van der Waals surface area contributed by atoms with Crippen LogP contribution < -0.4 is 0 Å².